The average Bonchev–Trinajstić information content (AvgIpc) is 3.13. The van der Waals surface area contributed by atoms with E-state index >= 15 is 0 Å². The van der Waals surface area contributed by atoms with Gasteiger partial charge in [-0.25, -0.2) is 0 Å². The number of amides is 4. The molecule has 51 heavy (non-hydrogen) atoms. The molecule has 2 unspecified atom stereocenters. The summed E-state index contributed by atoms with van der Waals surface area (Å²) >= 11 is 0. The van der Waals surface area contributed by atoms with Crippen molar-refractivity contribution in [1.82, 2.24) is 25.0 Å². The number of rotatable bonds is 23. The molecular weight excluding hydrogens is 648 g/mol. The van der Waals surface area contributed by atoms with Gasteiger partial charge in [-0.05, 0) is 37.0 Å². The molecule has 0 fully saturated rings. The minimum atomic E-state index is -0.581. The van der Waals surface area contributed by atoms with Crippen molar-refractivity contribution in [1.29, 1.82) is 0 Å². The van der Waals surface area contributed by atoms with E-state index in [1.54, 1.807) is 11.1 Å². The number of para-hydroxylation sites is 1. The zero-order valence-corrected chi connectivity index (χ0v) is 29.6. The molecule has 0 saturated heterocycles. The van der Waals surface area contributed by atoms with Gasteiger partial charge in [-0.3, -0.25) is 24.2 Å². The van der Waals surface area contributed by atoms with E-state index < -0.39 is 18.0 Å². The van der Waals surface area contributed by atoms with E-state index in [0.717, 1.165) is 16.5 Å². The predicted octanol–water partition coefficient (Wildman–Crippen LogP) is 0.458. The number of aromatic nitrogens is 1. The first-order chi connectivity index (χ1) is 24.7. The van der Waals surface area contributed by atoms with Crippen LogP contribution in [0.15, 0.2) is 66.9 Å². The first kappa shape index (κ1) is 40.8. The van der Waals surface area contributed by atoms with E-state index in [9.17, 15) is 19.2 Å². The lowest BCUT2D eigenvalue weighted by Gasteiger charge is -2.29. The van der Waals surface area contributed by atoms with Gasteiger partial charge in [0.25, 0.3) is 0 Å². The number of pyridine rings is 1. The highest BCUT2D eigenvalue weighted by Crippen LogP contribution is 2.17. The van der Waals surface area contributed by atoms with Crippen LogP contribution in [-0.4, -0.2) is 121 Å². The highest BCUT2D eigenvalue weighted by Gasteiger charge is 2.26. The second kappa shape index (κ2) is 22.3. The van der Waals surface area contributed by atoms with Crippen LogP contribution in [0.3, 0.4) is 0 Å². The maximum Gasteiger partial charge on any atom is 0.242 e. The van der Waals surface area contributed by atoms with Crippen LogP contribution in [0.4, 0.5) is 5.69 Å². The predicted molar refractivity (Wildman–Crippen MR) is 201 cm³/mol. The van der Waals surface area contributed by atoms with E-state index in [1.807, 2.05) is 60.7 Å². The first-order valence-electron chi connectivity index (χ1n) is 17.6. The van der Waals surface area contributed by atoms with Crippen LogP contribution in [0.2, 0.25) is 0 Å². The molecule has 0 aliphatic rings. The molecule has 1 aromatic heterocycles. The summed E-state index contributed by atoms with van der Waals surface area (Å²) in [5.41, 5.74) is 26.1. The topological polar surface area (TPSA) is 219 Å². The largest absolute Gasteiger partial charge is 0.339 e. The van der Waals surface area contributed by atoms with E-state index in [2.05, 4.69) is 22.5 Å². The number of hydrogen-bond acceptors (Lipinski definition) is 10. The number of hydrogen-bond donors (Lipinski definition) is 6. The van der Waals surface area contributed by atoms with Crippen molar-refractivity contribution < 1.29 is 19.2 Å². The lowest BCUT2D eigenvalue weighted by molar-refractivity contribution is -0.145. The number of aryl methyl sites for hydroxylation is 1. The third-order valence-electron chi connectivity index (χ3n) is 8.43. The Morgan fingerprint density at radius 1 is 0.765 bits per heavy atom. The molecule has 2 aromatic carbocycles. The van der Waals surface area contributed by atoms with Gasteiger partial charge in [-0.15, -0.1) is 0 Å². The fraction of sp³-hybridized carbons (Fsp3) is 0.459. The van der Waals surface area contributed by atoms with Crippen LogP contribution in [-0.2, 0) is 25.6 Å². The Morgan fingerprint density at radius 2 is 1.37 bits per heavy atom. The van der Waals surface area contributed by atoms with E-state index in [1.165, 1.54) is 9.80 Å². The molecule has 10 N–H and O–H groups in total. The van der Waals surface area contributed by atoms with Crippen molar-refractivity contribution in [2.45, 2.75) is 44.2 Å². The van der Waals surface area contributed by atoms with Gasteiger partial charge < -0.3 is 48.3 Å². The number of fused-ring (bicyclic) bond motifs is 1. The molecule has 0 bridgehead atoms. The summed E-state index contributed by atoms with van der Waals surface area (Å²) in [6.07, 6.45) is 3.53. The van der Waals surface area contributed by atoms with Gasteiger partial charge in [0.1, 0.15) is 19.5 Å². The van der Waals surface area contributed by atoms with E-state index in [4.69, 9.17) is 22.9 Å². The molecule has 14 nitrogen and oxygen atoms in total. The fourth-order valence-electron chi connectivity index (χ4n) is 5.65. The van der Waals surface area contributed by atoms with Crippen molar-refractivity contribution in [3.63, 3.8) is 0 Å². The van der Waals surface area contributed by atoms with Crippen LogP contribution < -0.4 is 33.6 Å². The SMILES string of the molecule is [CH2+]CCN(CCN)C(=O)CN(CC(=O)N(CCN)CCN)C(=O)CCC(N)CNC(CCc1ccccc1)C(=O)Nc1cnc2ccccc2c1. The quantitative estimate of drug-likeness (QED) is 0.0750. The number of nitrogens with two attached hydrogens (primary N) is 4. The van der Waals surface area contributed by atoms with Crippen LogP contribution in [0, 0.1) is 6.92 Å². The number of nitrogens with zero attached hydrogens (tertiary/aromatic N) is 4. The fourth-order valence-corrected chi connectivity index (χ4v) is 5.65. The molecule has 0 aliphatic carbocycles. The second-order valence-corrected chi connectivity index (χ2v) is 12.4. The van der Waals surface area contributed by atoms with Crippen molar-refractivity contribution in [3.8, 4) is 0 Å². The Kier molecular flexibility index (Phi) is 17.8. The van der Waals surface area contributed by atoms with Crippen LogP contribution in [0.1, 0.15) is 31.2 Å². The smallest absolute Gasteiger partial charge is 0.242 e. The lowest BCUT2D eigenvalue weighted by atomic mass is 10.0. The van der Waals surface area contributed by atoms with E-state index in [-0.39, 0.29) is 82.9 Å². The highest BCUT2D eigenvalue weighted by atomic mass is 16.2. The normalized spacial score (nSPS) is 12.2. The Bertz CT molecular complexity index is 1480. The Labute approximate surface area is 301 Å². The van der Waals surface area contributed by atoms with Gasteiger partial charge in [-0.2, -0.15) is 0 Å². The summed E-state index contributed by atoms with van der Waals surface area (Å²) in [6, 6.07) is 18.4. The number of anilines is 1. The molecule has 276 valence electrons. The van der Waals surface area contributed by atoms with Gasteiger partial charge in [-0.1, -0.05) is 48.5 Å². The molecule has 1 heterocycles. The first-order valence-corrected chi connectivity index (χ1v) is 17.6. The molecule has 14 heteroatoms. The third-order valence-corrected chi connectivity index (χ3v) is 8.43. The maximum atomic E-state index is 13.5. The number of carbonyl (C=O) groups excluding carboxylic acids is 4. The summed E-state index contributed by atoms with van der Waals surface area (Å²) in [5.74, 6) is -1.29. The number of benzene rings is 2. The minimum absolute atomic E-state index is 0.00690. The Hall–Kier alpha value is -4.60. The Morgan fingerprint density at radius 3 is 2.00 bits per heavy atom. The van der Waals surface area contributed by atoms with Gasteiger partial charge in [0.2, 0.25) is 23.6 Å². The molecule has 0 spiro atoms. The highest BCUT2D eigenvalue weighted by molar-refractivity contribution is 5.96. The molecular formula is C37H55N10O4+. The molecule has 0 saturated carbocycles. The molecule has 4 amide bonds. The summed E-state index contributed by atoms with van der Waals surface area (Å²) in [5, 5.41) is 7.20. The molecule has 3 aromatic rings. The Balaban J connectivity index is 1.66. The van der Waals surface area contributed by atoms with Crippen molar-refractivity contribution >= 4 is 40.2 Å². The van der Waals surface area contributed by atoms with Gasteiger partial charge in [0.05, 0.1) is 36.9 Å². The zero-order valence-electron chi connectivity index (χ0n) is 29.6. The van der Waals surface area contributed by atoms with Crippen molar-refractivity contribution in [3.05, 3.63) is 79.3 Å². The summed E-state index contributed by atoms with van der Waals surface area (Å²) in [7, 11) is 0. The van der Waals surface area contributed by atoms with Crippen LogP contribution in [0.5, 0.6) is 0 Å². The van der Waals surface area contributed by atoms with Crippen LogP contribution in [0.25, 0.3) is 10.9 Å². The number of carbonyl (C=O) groups is 4. The number of nitrogens with one attached hydrogen (secondary N) is 2. The van der Waals surface area contributed by atoms with Gasteiger partial charge >= 0.3 is 0 Å². The monoisotopic (exact) mass is 703 g/mol. The molecule has 3 rings (SSSR count). The molecule has 0 radical (unpaired) electrons. The zero-order chi connectivity index (χ0) is 37.0. The average molecular weight is 704 g/mol. The van der Waals surface area contributed by atoms with E-state index in [0.29, 0.717) is 38.0 Å². The summed E-state index contributed by atoms with van der Waals surface area (Å²) in [4.78, 5) is 62.2. The van der Waals surface area contributed by atoms with Crippen LogP contribution >= 0.6 is 0 Å². The molecule has 0 aliphatic heterocycles. The van der Waals surface area contributed by atoms with Gasteiger partial charge in [0, 0.05) is 63.7 Å². The van der Waals surface area contributed by atoms with Gasteiger partial charge in [0.15, 0.2) is 0 Å². The molecule has 2 atom stereocenters. The third kappa shape index (κ3) is 13.9. The van der Waals surface area contributed by atoms with Crippen molar-refractivity contribution in [2.24, 2.45) is 22.9 Å². The maximum absolute atomic E-state index is 13.5. The summed E-state index contributed by atoms with van der Waals surface area (Å²) < 4.78 is 0. The summed E-state index contributed by atoms with van der Waals surface area (Å²) in [6.45, 7) is 5.45. The minimum Gasteiger partial charge on any atom is -0.339 e. The lowest BCUT2D eigenvalue weighted by Crippen LogP contribution is -2.50. The second-order valence-electron chi connectivity index (χ2n) is 12.4. The standard InChI is InChI=1S/C37H54N10O4/c1-2-19-45(20-16-38)35(49)26-47(27-36(50)46(21-17-39)22-18-40)34(48)15-13-30(41)24-42-33(14-12-28-8-4-3-5-9-28)37(51)44-31-23-29-10-6-7-11-32(29)43-25-31/h3-11,23,25,30,33,42H,1-2,12-22,24,26-27,38-41H2/p+1. The van der Waals surface area contributed by atoms with Crippen molar-refractivity contribution in [2.75, 3.05) is 70.8 Å².